The van der Waals surface area contributed by atoms with Gasteiger partial charge in [0.25, 0.3) is 0 Å². The molecule has 0 fully saturated rings. The Labute approximate surface area is 128 Å². The summed E-state index contributed by atoms with van der Waals surface area (Å²) in [5.41, 5.74) is 7.38. The van der Waals surface area contributed by atoms with Gasteiger partial charge in [-0.05, 0) is 52.3 Å². The minimum atomic E-state index is -0.676. The number of rotatable bonds is 8. The van der Waals surface area contributed by atoms with E-state index in [1.807, 2.05) is 19.9 Å². The first kappa shape index (κ1) is 17.5. The maximum atomic E-state index is 11.8. The van der Waals surface area contributed by atoms with Gasteiger partial charge in [0.1, 0.15) is 0 Å². The van der Waals surface area contributed by atoms with Gasteiger partial charge in [-0.2, -0.15) is 0 Å². The number of likely N-dealkylation sites (N-methyl/N-ethyl adjacent to an activating group) is 1. The molecular formula is C17H29N3O. The van der Waals surface area contributed by atoms with E-state index in [1.54, 1.807) is 0 Å². The first-order valence-electron chi connectivity index (χ1n) is 7.73. The highest BCUT2D eigenvalue weighted by Crippen LogP contribution is 2.25. The van der Waals surface area contributed by atoms with E-state index in [4.69, 9.17) is 5.73 Å². The number of anilines is 1. The predicted molar refractivity (Wildman–Crippen MR) is 89.6 cm³/mol. The molecule has 0 heterocycles. The molecule has 0 saturated heterocycles. The summed E-state index contributed by atoms with van der Waals surface area (Å²) in [7, 11) is 0. The summed E-state index contributed by atoms with van der Waals surface area (Å²) in [5, 5.41) is 3.23. The summed E-state index contributed by atoms with van der Waals surface area (Å²) in [6.45, 7) is 11.9. The minimum Gasteiger partial charge on any atom is -0.369 e. The van der Waals surface area contributed by atoms with Crippen molar-refractivity contribution >= 4 is 11.6 Å². The number of primary amides is 1. The van der Waals surface area contributed by atoms with Crippen LogP contribution in [0.3, 0.4) is 0 Å². The van der Waals surface area contributed by atoms with Crippen molar-refractivity contribution in [1.29, 1.82) is 0 Å². The van der Waals surface area contributed by atoms with E-state index < -0.39 is 5.54 Å². The number of nitrogens with one attached hydrogen (secondary N) is 1. The van der Waals surface area contributed by atoms with E-state index >= 15 is 0 Å². The number of hydrogen-bond acceptors (Lipinski definition) is 3. The van der Waals surface area contributed by atoms with Crippen molar-refractivity contribution in [2.24, 2.45) is 5.73 Å². The van der Waals surface area contributed by atoms with Gasteiger partial charge in [-0.25, -0.2) is 0 Å². The molecule has 118 valence electrons. The largest absolute Gasteiger partial charge is 0.369 e. The predicted octanol–water partition coefficient (Wildman–Crippen LogP) is 2.45. The molecule has 3 N–H and O–H groups in total. The van der Waals surface area contributed by atoms with Crippen LogP contribution in [0.25, 0.3) is 0 Å². The number of nitrogens with two attached hydrogens (primary N) is 1. The third-order valence-corrected chi connectivity index (χ3v) is 4.11. The molecule has 1 rings (SSSR count). The number of aryl methyl sites for hydroxylation is 1. The number of nitrogens with zero attached hydrogens (tertiary/aromatic N) is 1. The van der Waals surface area contributed by atoms with Gasteiger partial charge < -0.3 is 16.0 Å². The Balaban J connectivity index is 2.96. The molecule has 21 heavy (non-hydrogen) atoms. The number of benzene rings is 1. The molecule has 4 heteroatoms. The zero-order valence-corrected chi connectivity index (χ0v) is 13.9. The molecular weight excluding hydrogens is 262 g/mol. The Morgan fingerprint density at radius 3 is 2.48 bits per heavy atom. The van der Waals surface area contributed by atoms with E-state index in [0.29, 0.717) is 6.42 Å². The van der Waals surface area contributed by atoms with Crippen LogP contribution in [0.2, 0.25) is 0 Å². The van der Waals surface area contributed by atoms with Crippen LogP contribution in [-0.4, -0.2) is 30.6 Å². The van der Waals surface area contributed by atoms with Crippen LogP contribution in [0.4, 0.5) is 5.69 Å². The molecule has 0 aliphatic rings. The highest BCUT2D eigenvalue weighted by Gasteiger charge is 2.33. The first-order valence-corrected chi connectivity index (χ1v) is 7.73. The quantitative estimate of drug-likeness (QED) is 0.773. The maximum Gasteiger partial charge on any atom is 0.237 e. The van der Waals surface area contributed by atoms with Crippen LogP contribution < -0.4 is 16.0 Å². The molecule has 0 aliphatic heterocycles. The topological polar surface area (TPSA) is 58.4 Å². The van der Waals surface area contributed by atoms with Crippen molar-refractivity contribution in [3.05, 3.63) is 29.8 Å². The Morgan fingerprint density at radius 1 is 1.38 bits per heavy atom. The third-order valence-electron chi connectivity index (χ3n) is 4.11. The molecule has 2 unspecified atom stereocenters. The van der Waals surface area contributed by atoms with Crippen molar-refractivity contribution in [2.75, 3.05) is 18.0 Å². The highest BCUT2D eigenvalue weighted by atomic mass is 16.1. The van der Waals surface area contributed by atoms with E-state index in [-0.39, 0.29) is 11.9 Å². The van der Waals surface area contributed by atoms with E-state index in [1.165, 1.54) is 11.3 Å². The lowest BCUT2D eigenvalue weighted by molar-refractivity contribution is -0.124. The SMILES string of the molecule is CCNC(C)(CC(C)N(CC)c1ccccc1C)C(N)=O. The lowest BCUT2D eigenvalue weighted by Crippen LogP contribution is -2.56. The number of carbonyl (C=O) groups excluding carboxylic acids is 1. The lowest BCUT2D eigenvalue weighted by atomic mass is 9.91. The summed E-state index contributed by atoms with van der Waals surface area (Å²) in [5.74, 6) is -0.294. The van der Waals surface area contributed by atoms with Crippen LogP contribution in [0.1, 0.15) is 39.7 Å². The molecule has 0 aromatic heterocycles. The zero-order valence-electron chi connectivity index (χ0n) is 13.9. The van der Waals surface area contributed by atoms with Crippen molar-refractivity contribution < 1.29 is 4.79 Å². The normalized spacial score (nSPS) is 15.3. The Bertz CT molecular complexity index is 475. The van der Waals surface area contributed by atoms with E-state index in [2.05, 4.69) is 49.2 Å². The van der Waals surface area contributed by atoms with E-state index in [0.717, 1.165) is 13.1 Å². The Hall–Kier alpha value is -1.55. The first-order chi connectivity index (χ1) is 9.85. The molecule has 1 aromatic rings. The Kier molecular flexibility index (Phi) is 6.21. The van der Waals surface area contributed by atoms with Crippen LogP contribution in [-0.2, 0) is 4.79 Å². The molecule has 4 nitrogen and oxygen atoms in total. The smallest absolute Gasteiger partial charge is 0.237 e. The number of amides is 1. The number of hydrogen-bond donors (Lipinski definition) is 2. The van der Waals surface area contributed by atoms with Gasteiger partial charge in [-0.1, -0.05) is 25.1 Å². The molecule has 0 spiro atoms. The molecule has 1 aromatic carbocycles. The molecule has 0 bridgehead atoms. The van der Waals surface area contributed by atoms with Crippen LogP contribution >= 0.6 is 0 Å². The fourth-order valence-electron chi connectivity index (χ4n) is 2.96. The number of para-hydroxylation sites is 1. The van der Waals surface area contributed by atoms with Crippen LogP contribution in [0.15, 0.2) is 24.3 Å². The van der Waals surface area contributed by atoms with Gasteiger partial charge in [0.2, 0.25) is 5.91 Å². The van der Waals surface area contributed by atoms with Gasteiger partial charge in [-0.3, -0.25) is 4.79 Å². The summed E-state index contributed by atoms with van der Waals surface area (Å²) in [6, 6.07) is 8.55. The van der Waals surface area contributed by atoms with Gasteiger partial charge in [0.15, 0.2) is 0 Å². The average molecular weight is 291 g/mol. The summed E-state index contributed by atoms with van der Waals surface area (Å²) in [6.07, 6.45) is 0.679. The second-order valence-corrected chi connectivity index (χ2v) is 5.85. The standard InChI is InChI=1S/C17H29N3O/c1-6-19-17(5,16(18)21)12-14(4)20(7-2)15-11-9-8-10-13(15)3/h8-11,14,19H,6-7,12H2,1-5H3,(H2,18,21). The maximum absolute atomic E-state index is 11.8. The summed E-state index contributed by atoms with van der Waals surface area (Å²) >= 11 is 0. The van der Waals surface area contributed by atoms with Crippen molar-refractivity contribution in [3.8, 4) is 0 Å². The van der Waals surface area contributed by atoms with Gasteiger partial charge in [0.05, 0.1) is 5.54 Å². The molecule has 0 aliphatic carbocycles. The van der Waals surface area contributed by atoms with Crippen LogP contribution in [0.5, 0.6) is 0 Å². The minimum absolute atomic E-state index is 0.215. The second kappa shape index (κ2) is 7.46. The average Bonchev–Trinajstić information content (AvgIpc) is 2.41. The van der Waals surface area contributed by atoms with Gasteiger partial charge in [0, 0.05) is 18.3 Å². The lowest BCUT2D eigenvalue weighted by Gasteiger charge is -2.37. The zero-order chi connectivity index (χ0) is 16.0. The van der Waals surface area contributed by atoms with Gasteiger partial charge in [-0.15, -0.1) is 0 Å². The summed E-state index contributed by atoms with van der Waals surface area (Å²) < 4.78 is 0. The fourth-order valence-corrected chi connectivity index (χ4v) is 2.96. The molecule has 1 amide bonds. The fraction of sp³-hybridized carbons (Fsp3) is 0.588. The molecule has 0 saturated carbocycles. The third kappa shape index (κ3) is 4.21. The monoisotopic (exact) mass is 291 g/mol. The highest BCUT2D eigenvalue weighted by molar-refractivity contribution is 5.84. The van der Waals surface area contributed by atoms with E-state index in [9.17, 15) is 4.79 Å². The Morgan fingerprint density at radius 2 is 2.00 bits per heavy atom. The molecule has 2 atom stereocenters. The second-order valence-electron chi connectivity index (χ2n) is 5.85. The van der Waals surface area contributed by atoms with Crippen molar-refractivity contribution in [2.45, 2.75) is 52.6 Å². The number of carbonyl (C=O) groups is 1. The summed E-state index contributed by atoms with van der Waals surface area (Å²) in [4.78, 5) is 14.1. The van der Waals surface area contributed by atoms with Crippen molar-refractivity contribution in [1.82, 2.24) is 5.32 Å². The van der Waals surface area contributed by atoms with Gasteiger partial charge >= 0.3 is 0 Å². The van der Waals surface area contributed by atoms with Crippen molar-refractivity contribution in [3.63, 3.8) is 0 Å². The van der Waals surface area contributed by atoms with Crippen LogP contribution in [0, 0.1) is 6.92 Å². The molecule has 0 radical (unpaired) electrons.